The van der Waals surface area contributed by atoms with Crippen LogP contribution in [0, 0.1) is 0 Å². The van der Waals surface area contributed by atoms with Gasteiger partial charge in [-0.2, -0.15) is 0 Å². The van der Waals surface area contributed by atoms with Crippen molar-refractivity contribution in [1.29, 1.82) is 0 Å². The van der Waals surface area contributed by atoms with E-state index in [2.05, 4.69) is 10.3 Å². The Morgan fingerprint density at radius 1 is 1.31 bits per heavy atom. The predicted molar refractivity (Wildman–Crippen MR) is 113 cm³/mol. The molecule has 0 aliphatic heterocycles. The third-order valence-electron chi connectivity index (χ3n) is 4.52. The second kappa shape index (κ2) is 7.78. The number of aryl methyl sites for hydroxylation is 1. The Balaban J connectivity index is 1.53. The van der Waals surface area contributed by atoms with Crippen LogP contribution in [-0.4, -0.2) is 25.6 Å². The molecule has 0 bridgehead atoms. The zero-order valence-electron chi connectivity index (χ0n) is 15.4. The van der Waals surface area contributed by atoms with E-state index >= 15 is 0 Å². The molecular formula is C20H17ClN2O4S2. The van der Waals surface area contributed by atoms with E-state index in [4.69, 9.17) is 16.3 Å². The van der Waals surface area contributed by atoms with Crippen LogP contribution in [0.25, 0.3) is 0 Å². The first-order valence-electron chi connectivity index (χ1n) is 8.81. The number of ether oxygens (including phenoxy) is 1. The van der Waals surface area contributed by atoms with Crippen LogP contribution in [-0.2, 0) is 16.3 Å². The number of anilines is 1. The third-order valence-corrected chi connectivity index (χ3v) is 7.04. The molecule has 29 heavy (non-hydrogen) atoms. The summed E-state index contributed by atoms with van der Waals surface area (Å²) < 4.78 is 29.6. The van der Waals surface area contributed by atoms with E-state index in [1.54, 1.807) is 12.4 Å². The molecule has 1 aliphatic rings. The largest absolute Gasteiger partial charge is 0.484 e. The number of hydrogen-bond donors (Lipinski definition) is 1. The van der Waals surface area contributed by atoms with Crippen LogP contribution in [0.5, 0.6) is 5.75 Å². The number of nitrogens with zero attached hydrogens (tertiary/aromatic N) is 1. The Bertz CT molecular complexity index is 1180. The third kappa shape index (κ3) is 4.44. The van der Waals surface area contributed by atoms with Gasteiger partial charge in [-0.05, 0) is 49.2 Å². The number of rotatable bonds is 5. The van der Waals surface area contributed by atoms with Crippen molar-refractivity contribution in [2.45, 2.75) is 23.8 Å². The number of carbonyl (C=O) groups is 1. The first-order chi connectivity index (χ1) is 13.8. The van der Waals surface area contributed by atoms with E-state index in [9.17, 15) is 13.2 Å². The fourth-order valence-corrected chi connectivity index (χ4v) is 5.29. The van der Waals surface area contributed by atoms with Gasteiger partial charge in [-0.25, -0.2) is 8.42 Å². The van der Waals surface area contributed by atoms with Crippen molar-refractivity contribution in [3.63, 3.8) is 0 Å². The van der Waals surface area contributed by atoms with Crippen LogP contribution >= 0.6 is 22.9 Å². The highest BCUT2D eigenvalue weighted by atomic mass is 35.5. The maximum atomic E-state index is 12.7. The van der Waals surface area contributed by atoms with E-state index in [-0.39, 0.29) is 21.9 Å². The lowest BCUT2D eigenvalue weighted by Crippen LogP contribution is -2.11. The smallest absolute Gasteiger partial charge is 0.265 e. The molecule has 1 atom stereocenters. The number of benzene rings is 1. The molecule has 0 radical (unpaired) electrons. The van der Waals surface area contributed by atoms with Gasteiger partial charge in [0.2, 0.25) is 0 Å². The second-order valence-electron chi connectivity index (χ2n) is 6.72. The van der Waals surface area contributed by atoms with Crippen LogP contribution in [0.2, 0.25) is 5.02 Å². The van der Waals surface area contributed by atoms with E-state index in [0.29, 0.717) is 16.3 Å². The summed E-state index contributed by atoms with van der Waals surface area (Å²) in [7, 11) is -3.44. The number of thiophene rings is 1. The van der Waals surface area contributed by atoms with Crippen molar-refractivity contribution in [2.75, 3.05) is 11.6 Å². The maximum Gasteiger partial charge on any atom is 0.265 e. The minimum Gasteiger partial charge on any atom is -0.484 e. The van der Waals surface area contributed by atoms with Crippen LogP contribution in [0.3, 0.4) is 0 Å². The number of amides is 1. The SMILES string of the molecule is CS(=O)(=O)c1cc(Cl)cc(NC(=O)c2cc3c(s2)CCC3Oc2cccnc2)c1. The van der Waals surface area contributed by atoms with Gasteiger partial charge < -0.3 is 10.1 Å². The molecule has 4 rings (SSSR count). The maximum absolute atomic E-state index is 12.7. The van der Waals surface area contributed by atoms with Gasteiger partial charge >= 0.3 is 0 Å². The number of aromatic nitrogens is 1. The van der Waals surface area contributed by atoms with Crippen molar-refractivity contribution in [3.8, 4) is 5.75 Å². The van der Waals surface area contributed by atoms with Gasteiger partial charge in [0.15, 0.2) is 9.84 Å². The molecule has 0 fully saturated rings. The molecule has 0 saturated carbocycles. The van der Waals surface area contributed by atoms with Gasteiger partial charge in [-0.3, -0.25) is 9.78 Å². The summed E-state index contributed by atoms with van der Waals surface area (Å²) in [5.41, 5.74) is 1.34. The summed E-state index contributed by atoms with van der Waals surface area (Å²) >= 11 is 7.43. The van der Waals surface area contributed by atoms with Crippen LogP contribution in [0.1, 0.15) is 32.6 Å². The molecule has 1 aromatic carbocycles. The normalized spacial score (nSPS) is 15.7. The van der Waals surface area contributed by atoms with Gasteiger partial charge in [0, 0.05) is 33.6 Å². The summed E-state index contributed by atoms with van der Waals surface area (Å²) in [5.74, 6) is 0.376. The quantitative estimate of drug-likeness (QED) is 0.620. The monoisotopic (exact) mass is 448 g/mol. The number of halogens is 1. The minimum atomic E-state index is -3.44. The lowest BCUT2D eigenvalue weighted by molar-refractivity contribution is 0.103. The molecule has 0 saturated heterocycles. The molecular weight excluding hydrogens is 432 g/mol. The van der Waals surface area contributed by atoms with Gasteiger partial charge in [0.05, 0.1) is 16.0 Å². The lowest BCUT2D eigenvalue weighted by Gasteiger charge is -2.13. The number of pyridine rings is 1. The predicted octanol–water partition coefficient (Wildman–Crippen LogP) is 4.52. The van der Waals surface area contributed by atoms with E-state index in [0.717, 1.165) is 29.5 Å². The highest BCUT2D eigenvalue weighted by Gasteiger charge is 2.28. The van der Waals surface area contributed by atoms with E-state index in [1.165, 1.54) is 29.5 Å². The van der Waals surface area contributed by atoms with E-state index in [1.807, 2.05) is 18.2 Å². The highest BCUT2D eigenvalue weighted by molar-refractivity contribution is 7.90. The Morgan fingerprint density at radius 2 is 2.14 bits per heavy atom. The Kier molecular flexibility index (Phi) is 5.33. The molecule has 1 unspecified atom stereocenters. The average Bonchev–Trinajstić information content (AvgIpc) is 3.23. The van der Waals surface area contributed by atoms with Crippen molar-refractivity contribution in [1.82, 2.24) is 4.98 Å². The Labute approximate surface area is 177 Å². The summed E-state index contributed by atoms with van der Waals surface area (Å²) in [6.07, 6.45) is 6.02. The molecule has 2 aromatic heterocycles. The number of hydrogen-bond acceptors (Lipinski definition) is 6. The average molecular weight is 449 g/mol. The fourth-order valence-electron chi connectivity index (χ4n) is 3.19. The summed E-state index contributed by atoms with van der Waals surface area (Å²) in [6, 6.07) is 9.77. The molecule has 150 valence electrons. The second-order valence-corrected chi connectivity index (χ2v) is 10.3. The summed E-state index contributed by atoms with van der Waals surface area (Å²) in [4.78, 5) is 18.5. The van der Waals surface area contributed by atoms with Crippen LogP contribution < -0.4 is 10.1 Å². The highest BCUT2D eigenvalue weighted by Crippen LogP contribution is 2.40. The van der Waals surface area contributed by atoms with Gasteiger partial charge in [0.25, 0.3) is 5.91 Å². The fraction of sp³-hybridized carbons (Fsp3) is 0.200. The first-order valence-corrected chi connectivity index (χ1v) is 11.9. The molecule has 1 aliphatic carbocycles. The van der Waals surface area contributed by atoms with E-state index < -0.39 is 9.84 Å². The standard InChI is InChI=1S/C20H17ClN2O4S2/c1-29(25,26)15-8-12(21)7-13(9-15)23-20(24)19-10-16-17(4-5-18(16)28-19)27-14-3-2-6-22-11-14/h2-3,6-11,17H,4-5H2,1H3,(H,23,24). The van der Waals surface area contributed by atoms with Crippen molar-refractivity contribution < 1.29 is 17.9 Å². The molecule has 9 heteroatoms. The first kappa shape index (κ1) is 19.9. The summed E-state index contributed by atoms with van der Waals surface area (Å²) in [5, 5.41) is 2.97. The number of fused-ring (bicyclic) bond motifs is 1. The van der Waals surface area contributed by atoms with Crippen LogP contribution in [0.15, 0.2) is 53.7 Å². The molecule has 3 aromatic rings. The number of nitrogens with one attached hydrogen (secondary N) is 1. The number of carbonyl (C=O) groups excluding carboxylic acids is 1. The lowest BCUT2D eigenvalue weighted by atomic mass is 10.2. The van der Waals surface area contributed by atoms with Gasteiger partial charge in [-0.15, -0.1) is 11.3 Å². The molecule has 0 spiro atoms. The molecule has 2 heterocycles. The van der Waals surface area contributed by atoms with Crippen LogP contribution in [0.4, 0.5) is 5.69 Å². The minimum absolute atomic E-state index is 0.0545. The molecule has 6 nitrogen and oxygen atoms in total. The topological polar surface area (TPSA) is 85.4 Å². The van der Waals surface area contributed by atoms with Crippen molar-refractivity contribution in [3.05, 3.63) is 69.1 Å². The number of sulfone groups is 1. The Hall–Kier alpha value is -2.42. The van der Waals surface area contributed by atoms with Gasteiger partial charge in [0.1, 0.15) is 11.9 Å². The molecule has 1 amide bonds. The van der Waals surface area contributed by atoms with Crippen molar-refractivity contribution >= 4 is 44.4 Å². The zero-order chi connectivity index (χ0) is 20.6. The zero-order valence-corrected chi connectivity index (χ0v) is 17.8. The summed E-state index contributed by atoms with van der Waals surface area (Å²) in [6.45, 7) is 0. The van der Waals surface area contributed by atoms with Crippen molar-refractivity contribution in [2.24, 2.45) is 0 Å². The Morgan fingerprint density at radius 3 is 2.86 bits per heavy atom. The van der Waals surface area contributed by atoms with Gasteiger partial charge in [-0.1, -0.05) is 11.6 Å². The molecule has 1 N–H and O–H groups in total.